The topological polar surface area (TPSA) is 97.5 Å². The fourth-order valence-corrected chi connectivity index (χ4v) is 3.86. The average Bonchev–Trinajstić information content (AvgIpc) is 2.76. The van der Waals surface area contributed by atoms with Gasteiger partial charge in [0.25, 0.3) is 11.5 Å². The minimum Gasteiger partial charge on any atom is -0.343 e. The summed E-state index contributed by atoms with van der Waals surface area (Å²) in [5, 5.41) is 0.287. The zero-order valence-corrected chi connectivity index (χ0v) is 17.3. The molecule has 0 unspecified atom stereocenters. The van der Waals surface area contributed by atoms with Crippen molar-refractivity contribution in [3.8, 4) is 0 Å². The number of amides is 2. The van der Waals surface area contributed by atoms with Gasteiger partial charge in [0, 0.05) is 46.2 Å². The molecule has 0 radical (unpaired) electrons. The summed E-state index contributed by atoms with van der Waals surface area (Å²) in [7, 11) is 2.93. The van der Waals surface area contributed by atoms with Gasteiger partial charge in [-0.25, -0.2) is 9.78 Å². The maximum atomic E-state index is 12.9. The number of nitrogens with zero attached hydrogens (tertiary/aromatic N) is 5. The SMILES string of the molecule is CCN(CC)C(=O)C1CCN(C(=O)c2ccc3c(=O)n(C)c(=O)n(C)c3n2)CC1. The van der Waals surface area contributed by atoms with Crippen LogP contribution in [0.3, 0.4) is 0 Å². The van der Waals surface area contributed by atoms with Gasteiger partial charge < -0.3 is 9.80 Å². The van der Waals surface area contributed by atoms with E-state index in [0.717, 1.165) is 4.57 Å². The van der Waals surface area contributed by atoms with Crippen LogP contribution in [0.5, 0.6) is 0 Å². The van der Waals surface area contributed by atoms with Crippen LogP contribution in [-0.2, 0) is 18.9 Å². The minimum absolute atomic E-state index is 0.0626. The number of carbonyl (C=O) groups is 2. The molecule has 3 rings (SSSR count). The first-order chi connectivity index (χ1) is 13.8. The van der Waals surface area contributed by atoms with E-state index in [2.05, 4.69) is 4.98 Å². The summed E-state index contributed by atoms with van der Waals surface area (Å²) in [5.74, 6) is -0.169. The maximum Gasteiger partial charge on any atom is 0.332 e. The summed E-state index contributed by atoms with van der Waals surface area (Å²) >= 11 is 0. The predicted octanol–water partition coefficient (Wildman–Crippen LogP) is 0.353. The van der Waals surface area contributed by atoms with Gasteiger partial charge in [0.2, 0.25) is 5.91 Å². The zero-order valence-electron chi connectivity index (χ0n) is 17.3. The van der Waals surface area contributed by atoms with Gasteiger partial charge in [-0.15, -0.1) is 0 Å². The van der Waals surface area contributed by atoms with E-state index in [1.165, 1.54) is 30.8 Å². The summed E-state index contributed by atoms with van der Waals surface area (Å²) in [5.41, 5.74) is -0.550. The molecule has 2 amide bonds. The second-order valence-electron chi connectivity index (χ2n) is 7.35. The number of carbonyl (C=O) groups excluding carboxylic acids is 2. The zero-order chi connectivity index (χ0) is 21.3. The van der Waals surface area contributed by atoms with Crippen LogP contribution in [0.1, 0.15) is 37.2 Å². The van der Waals surface area contributed by atoms with Crippen LogP contribution < -0.4 is 11.2 Å². The molecule has 1 aliphatic heterocycles. The van der Waals surface area contributed by atoms with Crippen molar-refractivity contribution in [1.29, 1.82) is 0 Å². The molecule has 9 heteroatoms. The molecule has 0 saturated carbocycles. The molecule has 0 spiro atoms. The molecule has 1 aliphatic rings. The Balaban J connectivity index is 1.80. The highest BCUT2D eigenvalue weighted by Gasteiger charge is 2.30. The van der Waals surface area contributed by atoms with E-state index in [9.17, 15) is 19.2 Å². The lowest BCUT2D eigenvalue weighted by molar-refractivity contribution is -0.136. The van der Waals surface area contributed by atoms with E-state index in [-0.39, 0.29) is 34.5 Å². The second kappa shape index (κ2) is 8.18. The largest absolute Gasteiger partial charge is 0.343 e. The summed E-state index contributed by atoms with van der Waals surface area (Å²) in [6.45, 7) is 6.26. The molecule has 0 bridgehead atoms. The molecule has 0 aromatic carbocycles. The van der Waals surface area contributed by atoms with Gasteiger partial charge in [-0.2, -0.15) is 0 Å². The average molecular weight is 401 g/mol. The molecule has 156 valence electrons. The molecular formula is C20H27N5O4. The summed E-state index contributed by atoms with van der Waals surface area (Å²) in [4.78, 5) is 57.7. The molecule has 0 atom stereocenters. The highest BCUT2D eigenvalue weighted by molar-refractivity contribution is 5.94. The van der Waals surface area contributed by atoms with E-state index >= 15 is 0 Å². The second-order valence-corrected chi connectivity index (χ2v) is 7.35. The van der Waals surface area contributed by atoms with Crippen molar-refractivity contribution >= 4 is 22.8 Å². The van der Waals surface area contributed by atoms with Crippen LogP contribution in [0, 0.1) is 5.92 Å². The van der Waals surface area contributed by atoms with Crippen molar-refractivity contribution < 1.29 is 9.59 Å². The van der Waals surface area contributed by atoms with E-state index in [4.69, 9.17) is 0 Å². The third-order valence-electron chi connectivity index (χ3n) is 5.73. The number of fused-ring (bicyclic) bond motifs is 1. The van der Waals surface area contributed by atoms with Crippen molar-refractivity contribution in [2.24, 2.45) is 20.0 Å². The van der Waals surface area contributed by atoms with Crippen LogP contribution >= 0.6 is 0 Å². The normalized spacial score (nSPS) is 15.0. The Morgan fingerprint density at radius 2 is 1.69 bits per heavy atom. The Hall–Kier alpha value is -2.97. The predicted molar refractivity (Wildman–Crippen MR) is 109 cm³/mol. The summed E-state index contributed by atoms with van der Waals surface area (Å²) in [6, 6.07) is 3.05. The maximum absolute atomic E-state index is 12.9. The lowest BCUT2D eigenvalue weighted by Crippen LogP contribution is -2.44. The molecule has 2 aromatic heterocycles. The number of aryl methyl sites for hydroxylation is 1. The van der Waals surface area contributed by atoms with Gasteiger partial charge in [-0.3, -0.25) is 23.5 Å². The molecule has 3 heterocycles. The van der Waals surface area contributed by atoms with Crippen LogP contribution in [0.4, 0.5) is 0 Å². The summed E-state index contributed by atoms with van der Waals surface area (Å²) in [6.07, 6.45) is 1.24. The van der Waals surface area contributed by atoms with Gasteiger partial charge >= 0.3 is 5.69 Å². The molecule has 1 saturated heterocycles. The summed E-state index contributed by atoms with van der Waals surface area (Å²) < 4.78 is 2.28. The molecular weight excluding hydrogens is 374 g/mol. The van der Waals surface area contributed by atoms with Gasteiger partial charge in [0.1, 0.15) is 11.3 Å². The van der Waals surface area contributed by atoms with E-state index in [0.29, 0.717) is 39.0 Å². The molecule has 0 aliphatic carbocycles. The Morgan fingerprint density at radius 3 is 2.28 bits per heavy atom. The first kappa shape index (κ1) is 20.8. The van der Waals surface area contributed by atoms with Crippen molar-refractivity contribution in [1.82, 2.24) is 23.9 Å². The van der Waals surface area contributed by atoms with Crippen LogP contribution in [0.2, 0.25) is 0 Å². The first-order valence-electron chi connectivity index (χ1n) is 9.94. The standard InChI is InChI=1S/C20H27N5O4/c1-5-24(6-2)17(26)13-9-11-25(12-10-13)19(28)15-8-7-14-16(21-15)22(3)20(29)23(4)18(14)27/h7-8,13H,5-6,9-12H2,1-4H3. The molecule has 0 N–H and O–H groups in total. The van der Waals surface area contributed by atoms with Crippen LogP contribution in [0.25, 0.3) is 11.0 Å². The fourth-order valence-electron chi connectivity index (χ4n) is 3.86. The van der Waals surface area contributed by atoms with Crippen LogP contribution in [-0.4, -0.2) is 61.9 Å². The number of rotatable bonds is 4. The number of likely N-dealkylation sites (tertiary alicyclic amines) is 1. The number of hydrogen-bond acceptors (Lipinski definition) is 5. The number of pyridine rings is 1. The van der Waals surface area contributed by atoms with Crippen molar-refractivity contribution in [2.45, 2.75) is 26.7 Å². The molecule has 2 aromatic rings. The minimum atomic E-state index is -0.490. The molecule has 29 heavy (non-hydrogen) atoms. The molecule has 9 nitrogen and oxygen atoms in total. The first-order valence-corrected chi connectivity index (χ1v) is 9.94. The lowest BCUT2D eigenvalue weighted by Gasteiger charge is -2.33. The number of hydrogen-bond donors (Lipinski definition) is 0. The highest BCUT2D eigenvalue weighted by atomic mass is 16.2. The quantitative estimate of drug-likeness (QED) is 0.737. The van der Waals surface area contributed by atoms with Crippen molar-refractivity contribution in [3.63, 3.8) is 0 Å². The van der Waals surface area contributed by atoms with Gasteiger partial charge in [-0.05, 0) is 38.8 Å². The van der Waals surface area contributed by atoms with Gasteiger partial charge in [0.05, 0.1) is 5.39 Å². The lowest BCUT2D eigenvalue weighted by atomic mass is 9.95. The van der Waals surface area contributed by atoms with E-state index in [1.807, 2.05) is 18.7 Å². The van der Waals surface area contributed by atoms with Gasteiger partial charge in [0.15, 0.2) is 0 Å². The third-order valence-corrected chi connectivity index (χ3v) is 5.73. The van der Waals surface area contributed by atoms with Crippen LogP contribution in [0.15, 0.2) is 21.7 Å². The Bertz CT molecular complexity index is 1060. The van der Waals surface area contributed by atoms with E-state index < -0.39 is 11.2 Å². The smallest absolute Gasteiger partial charge is 0.332 e. The number of aromatic nitrogens is 3. The Morgan fingerprint density at radius 1 is 1.07 bits per heavy atom. The monoisotopic (exact) mass is 401 g/mol. The fraction of sp³-hybridized carbons (Fsp3) is 0.550. The Kier molecular flexibility index (Phi) is 5.86. The number of piperidine rings is 1. The van der Waals surface area contributed by atoms with Crippen molar-refractivity contribution in [2.75, 3.05) is 26.2 Å². The van der Waals surface area contributed by atoms with Crippen molar-refractivity contribution in [3.05, 3.63) is 38.7 Å². The Labute approximate surface area is 168 Å². The van der Waals surface area contributed by atoms with Gasteiger partial charge in [-0.1, -0.05) is 0 Å². The molecule has 1 fully saturated rings. The third kappa shape index (κ3) is 3.68. The van der Waals surface area contributed by atoms with E-state index in [1.54, 1.807) is 4.90 Å². The highest BCUT2D eigenvalue weighted by Crippen LogP contribution is 2.21.